The summed E-state index contributed by atoms with van der Waals surface area (Å²) in [5.41, 5.74) is -1.12. The van der Waals surface area contributed by atoms with Crippen molar-refractivity contribution in [1.29, 1.82) is 0 Å². The van der Waals surface area contributed by atoms with Gasteiger partial charge in [0.2, 0.25) is 5.91 Å². The number of hydrogen-bond donors (Lipinski definition) is 2. The van der Waals surface area contributed by atoms with E-state index in [1.807, 2.05) is 6.92 Å². The van der Waals surface area contributed by atoms with Crippen LogP contribution in [0.5, 0.6) is 5.75 Å². The molecule has 2 fully saturated rings. The number of hydrogen-bond acceptors (Lipinski definition) is 3. The van der Waals surface area contributed by atoms with Gasteiger partial charge in [0.15, 0.2) is 0 Å². The molecular formula is C21H19F3N2O3. The summed E-state index contributed by atoms with van der Waals surface area (Å²) in [5, 5.41) is 13.1. The van der Waals surface area contributed by atoms with Gasteiger partial charge >= 0.3 is 6.18 Å². The smallest absolute Gasteiger partial charge is 0.416 e. The van der Waals surface area contributed by atoms with E-state index in [0.29, 0.717) is 12.0 Å². The number of carbonyl (C=O) groups excluding carboxylic acids is 2. The molecule has 2 amide bonds. The molecule has 4 rings (SSSR count). The summed E-state index contributed by atoms with van der Waals surface area (Å²) in [6, 6.07) is 10.2. The topological polar surface area (TPSA) is 69.6 Å². The van der Waals surface area contributed by atoms with E-state index in [1.165, 1.54) is 23.1 Å². The molecule has 0 radical (unpaired) electrons. The van der Waals surface area contributed by atoms with Gasteiger partial charge in [-0.1, -0.05) is 31.2 Å². The van der Waals surface area contributed by atoms with E-state index in [0.717, 1.165) is 12.1 Å². The van der Waals surface area contributed by atoms with Crippen molar-refractivity contribution in [3.05, 3.63) is 65.2 Å². The van der Waals surface area contributed by atoms with E-state index >= 15 is 0 Å². The largest absolute Gasteiger partial charge is 0.508 e. The number of nitrogens with one attached hydrogen (secondary N) is 1. The molecule has 0 aliphatic carbocycles. The number of phenols is 1. The summed E-state index contributed by atoms with van der Waals surface area (Å²) in [6.07, 6.45) is -4.64. The highest BCUT2D eigenvalue weighted by molar-refractivity contribution is 5.96. The Hall–Kier alpha value is -3.03. The van der Waals surface area contributed by atoms with Crippen LogP contribution in [0.15, 0.2) is 48.5 Å². The quantitative estimate of drug-likeness (QED) is 0.799. The lowest BCUT2D eigenvalue weighted by molar-refractivity contribution is -0.137. The van der Waals surface area contributed by atoms with Crippen molar-refractivity contribution in [3.63, 3.8) is 0 Å². The fraction of sp³-hybridized carbons (Fsp3) is 0.333. The second kappa shape index (κ2) is 6.50. The molecule has 29 heavy (non-hydrogen) atoms. The fourth-order valence-corrected chi connectivity index (χ4v) is 4.42. The van der Waals surface area contributed by atoms with E-state index in [-0.39, 0.29) is 23.6 Å². The fourth-order valence-electron chi connectivity index (χ4n) is 4.42. The Labute approximate surface area is 165 Å². The van der Waals surface area contributed by atoms with Gasteiger partial charge in [-0.15, -0.1) is 0 Å². The van der Waals surface area contributed by atoms with Crippen LogP contribution in [0.3, 0.4) is 0 Å². The van der Waals surface area contributed by atoms with Gasteiger partial charge in [-0.05, 0) is 30.7 Å². The van der Waals surface area contributed by atoms with E-state index in [1.54, 1.807) is 18.2 Å². The van der Waals surface area contributed by atoms with Gasteiger partial charge in [0.05, 0.1) is 11.6 Å². The molecule has 3 atom stereocenters. The number of benzene rings is 2. The maximum absolute atomic E-state index is 13.3. The molecule has 152 valence electrons. The number of halogens is 3. The molecule has 2 saturated heterocycles. The van der Waals surface area contributed by atoms with E-state index in [2.05, 4.69) is 5.32 Å². The Bertz CT molecular complexity index is 991. The molecule has 0 spiro atoms. The van der Waals surface area contributed by atoms with Crippen molar-refractivity contribution >= 4 is 11.8 Å². The molecule has 0 aromatic heterocycles. The van der Waals surface area contributed by atoms with Gasteiger partial charge < -0.3 is 15.3 Å². The normalized spacial score (nSPS) is 26.3. The molecule has 2 aliphatic rings. The first-order valence-corrected chi connectivity index (χ1v) is 9.17. The monoisotopic (exact) mass is 404 g/mol. The minimum atomic E-state index is -4.57. The second-order valence-electron chi connectivity index (χ2n) is 7.87. The Kier molecular flexibility index (Phi) is 4.33. The third kappa shape index (κ3) is 3.22. The third-order valence-corrected chi connectivity index (χ3v) is 5.76. The molecule has 5 nitrogen and oxygen atoms in total. The van der Waals surface area contributed by atoms with Gasteiger partial charge in [0.25, 0.3) is 5.91 Å². The first kappa shape index (κ1) is 19.3. The number of fused-ring (bicyclic) bond motifs is 1. The zero-order chi connectivity index (χ0) is 21.0. The summed E-state index contributed by atoms with van der Waals surface area (Å²) < 4.78 is 39.3. The van der Waals surface area contributed by atoms with Crippen LogP contribution >= 0.6 is 0 Å². The van der Waals surface area contributed by atoms with Crippen LogP contribution in [-0.2, 0) is 11.0 Å². The van der Waals surface area contributed by atoms with Crippen LogP contribution in [0.2, 0.25) is 0 Å². The number of likely N-dealkylation sites (tertiary alicyclic amines) is 1. The van der Waals surface area contributed by atoms with Crippen molar-refractivity contribution in [2.45, 2.75) is 38.1 Å². The van der Waals surface area contributed by atoms with Crippen molar-refractivity contribution in [2.24, 2.45) is 5.41 Å². The van der Waals surface area contributed by atoms with E-state index < -0.39 is 35.3 Å². The highest BCUT2D eigenvalue weighted by Crippen LogP contribution is 2.53. The van der Waals surface area contributed by atoms with Crippen molar-refractivity contribution in [2.75, 3.05) is 0 Å². The third-order valence-electron chi connectivity index (χ3n) is 5.76. The molecule has 2 N–H and O–H groups in total. The predicted octanol–water partition coefficient (Wildman–Crippen LogP) is 3.85. The Morgan fingerprint density at radius 1 is 1.21 bits per heavy atom. The standard InChI is InChI=1S/C21H19F3N2O3/c1-20-10-15(14-7-2-3-8-16(14)27)26(19(20)25-17(28)11-20)18(29)12-5-4-6-13(9-12)21(22,23)24/h2-9,15,19,27H,10-11H2,1H3,(H,25,28)/t15-,19+,20-/m1/s1. The Balaban J connectivity index is 1.78. The summed E-state index contributed by atoms with van der Waals surface area (Å²) in [7, 11) is 0. The summed E-state index contributed by atoms with van der Waals surface area (Å²) in [4.78, 5) is 26.8. The molecule has 2 aromatic carbocycles. The molecular weight excluding hydrogens is 385 g/mol. The number of alkyl halides is 3. The van der Waals surface area contributed by atoms with Gasteiger partial charge in [0.1, 0.15) is 11.9 Å². The van der Waals surface area contributed by atoms with Crippen molar-refractivity contribution < 1.29 is 27.9 Å². The van der Waals surface area contributed by atoms with Crippen LogP contribution in [0.4, 0.5) is 13.2 Å². The van der Waals surface area contributed by atoms with Crippen molar-refractivity contribution in [1.82, 2.24) is 10.2 Å². The number of para-hydroxylation sites is 1. The first-order chi connectivity index (χ1) is 13.6. The zero-order valence-electron chi connectivity index (χ0n) is 15.5. The lowest BCUT2D eigenvalue weighted by atomic mass is 9.83. The maximum atomic E-state index is 13.3. The van der Waals surface area contributed by atoms with Gasteiger partial charge in [0, 0.05) is 23.0 Å². The average molecular weight is 404 g/mol. The Morgan fingerprint density at radius 3 is 2.62 bits per heavy atom. The molecule has 8 heteroatoms. The SMILES string of the molecule is C[C@@]12CC(=O)N[C@H]1N(C(=O)c1cccc(C(F)(F)F)c1)[C@@H](c1ccccc1O)C2. The second-order valence-corrected chi connectivity index (χ2v) is 7.87. The summed E-state index contributed by atoms with van der Waals surface area (Å²) in [5.74, 6) is -0.843. The minimum absolute atomic E-state index is 0.00533. The number of nitrogens with zero attached hydrogens (tertiary/aromatic N) is 1. The van der Waals surface area contributed by atoms with Crippen LogP contribution in [0.25, 0.3) is 0 Å². The molecule has 0 saturated carbocycles. The summed E-state index contributed by atoms with van der Waals surface area (Å²) in [6.45, 7) is 1.86. The van der Waals surface area contributed by atoms with Crippen LogP contribution < -0.4 is 5.32 Å². The number of carbonyl (C=O) groups is 2. The molecule has 2 aromatic rings. The lowest BCUT2D eigenvalue weighted by Crippen LogP contribution is -2.47. The first-order valence-electron chi connectivity index (χ1n) is 9.17. The molecule has 0 bridgehead atoms. The highest BCUT2D eigenvalue weighted by atomic mass is 19.4. The minimum Gasteiger partial charge on any atom is -0.508 e. The number of phenolic OH excluding ortho intramolecular Hbond substituents is 1. The predicted molar refractivity (Wildman–Crippen MR) is 97.7 cm³/mol. The lowest BCUT2D eigenvalue weighted by Gasteiger charge is -2.31. The molecule has 2 aliphatic heterocycles. The van der Waals surface area contributed by atoms with Gasteiger partial charge in [-0.25, -0.2) is 0 Å². The average Bonchev–Trinajstić information content (AvgIpc) is 3.09. The van der Waals surface area contributed by atoms with Gasteiger partial charge in [-0.3, -0.25) is 9.59 Å². The van der Waals surface area contributed by atoms with E-state index in [9.17, 15) is 27.9 Å². The maximum Gasteiger partial charge on any atom is 0.416 e. The highest BCUT2D eigenvalue weighted by Gasteiger charge is 2.57. The van der Waals surface area contributed by atoms with Crippen LogP contribution in [0, 0.1) is 5.41 Å². The number of rotatable bonds is 2. The van der Waals surface area contributed by atoms with Gasteiger partial charge in [-0.2, -0.15) is 13.2 Å². The zero-order valence-corrected chi connectivity index (χ0v) is 15.5. The summed E-state index contributed by atoms with van der Waals surface area (Å²) >= 11 is 0. The Morgan fingerprint density at radius 2 is 1.93 bits per heavy atom. The van der Waals surface area contributed by atoms with E-state index in [4.69, 9.17) is 0 Å². The number of aromatic hydroxyl groups is 1. The van der Waals surface area contributed by atoms with Crippen LogP contribution in [0.1, 0.15) is 47.3 Å². The van der Waals surface area contributed by atoms with Crippen LogP contribution in [-0.4, -0.2) is 28.0 Å². The van der Waals surface area contributed by atoms with Crippen molar-refractivity contribution in [3.8, 4) is 5.75 Å². The molecule has 2 heterocycles. The number of amides is 2. The molecule has 0 unspecified atom stereocenters.